The number of benzene rings is 3. The van der Waals surface area contributed by atoms with Gasteiger partial charge in [0.2, 0.25) is 0 Å². The van der Waals surface area contributed by atoms with Crippen molar-refractivity contribution < 1.29 is 19.4 Å². The van der Waals surface area contributed by atoms with Crippen LogP contribution in [0.5, 0.6) is 5.75 Å². The lowest BCUT2D eigenvalue weighted by molar-refractivity contribution is 0.0697. The van der Waals surface area contributed by atoms with E-state index >= 15 is 0 Å². The van der Waals surface area contributed by atoms with Gasteiger partial charge in [-0.3, -0.25) is 0 Å². The number of methoxy groups -OCH3 is 1. The number of carboxylic acid groups (broad SMARTS) is 1. The van der Waals surface area contributed by atoms with E-state index in [0.29, 0.717) is 38.5 Å². The highest BCUT2D eigenvalue weighted by atomic mass is 35.5. The third-order valence-electron chi connectivity index (χ3n) is 4.25. The smallest absolute Gasteiger partial charge is 0.335 e. The molecule has 3 aromatic rings. The summed E-state index contributed by atoms with van der Waals surface area (Å²) in [7, 11) is 1.50. The lowest BCUT2D eigenvalue weighted by atomic mass is 10.2. The molecule has 0 aliphatic rings. The minimum atomic E-state index is -1.04. The van der Waals surface area contributed by atoms with Crippen LogP contribution in [0.1, 0.15) is 10.4 Å². The Balaban J connectivity index is 1.69. The molecule has 0 heterocycles. The summed E-state index contributed by atoms with van der Waals surface area (Å²) in [5.41, 5.74) is 2.05. The van der Waals surface area contributed by atoms with Crippen LogP contribution in [-0.4, -0.2) is 29.3 Å². The zero-order valence-corrected chi connectivity index (χ0v) is 19.4. The monoisotopic (exact) mass is 504 g/mol. The average molecular weight is 505 g/mol. The highest BCUT2D eigenvalue weighted by molar-refractivity contribution is 7.80. The van der Waals surface area contributed by atoms with E-state index in [1.54, 1.807) is 42.5 Å². The number of nitrogens with one attached hydrogen (secondary N) is 4. The number of aromatic carboxylic acids is 1. The molecule has 0 saturated carbocycles. The molecule has 11 heteroatoms. The Morgan fingerprint density at radius 1 is 0.848 bits per heavy atom. The van der Waals surface area contributed by atoms with Crippen molar-refractivity contribution in [3.63, 3.8) is 0 Å². The molecule has 2 amide bonds. The van der Waals surface area contributed by atoms with Crippen LogP contribution in [0.25, 0.3) is 0 Å². The molecule has 5 N–H and O–H groups in total. The summed E-state index contributed by atoms with van der Waals surface area (Å²) in [5, 5.41) is 21.3. The van der Waals surface area contributed by atoms with Gasteiger partial charge >= 0.3 is 12.0 Å². The van der Waals surface area contributed by atoms with Gasteiger partial charge in [-0.25, -0.2) is 9.59 Å². The van der Waals surface area contributed by atoms with Gasteiger partial charge in [-0.15, -0.1) is 0 Å². The molecule has 0 atom stereocenters. The molecule has 0 bridgehead atoms. The van der Waals surface area contributed by atoms with E-state index in [2.05, 4.69) is 21.3 Å². The SMILES string of the molecule is COc1ccc(NC(=O)Nc2ccc(Cl)c(Cl)c2)cc1NC(=S)Nc1cccc(C(=O)O)c1. The van der Waals surface area contributed by atoms with Gasteiger partial charge in [0.25, 0.3) is 0 Å². The van der Waals surface area contributed by atoms with Crippen LogP contribution in [0.2, 0.25) is 10.0 Å². The van der Waals surface area contributed by atoms with E-state index in [-0.39, 0.29) is 10.7 Å². The van der Waals surface area contributed by atoms with Gasteiger partial charge in [-0.1, -0.05) is 29.3 Å². The molecule has 0 radical (unpaired) electrons. The van der Waals surface area contributed by atoms with Crippen molar-refractivity contribution in [1.82, 2.24) is 0 Å². The van der Waals surface area contributed by atoms with Crippen molar-refractivity contribution in [2.75, 3.05) is 28.4 Å². The van der Waals surface area contributed by atoms with Gasteiger partial charge < -0.3 is 31.1 Å². The highest BCUT2D eigenvalue weighted by Crippen LogP contribution is 2.29. The van der Waals surface area contributed by atoms with Crippen LogP contribution in [0, 0.1) is 0 Å². The first kappa shape index (κ1) is 24.1. The first-order chi connectivity index (χ1) is 15.7. The van der Waals surface area contributed by atoms with Crippen molar-refractivity contribution in [2.45, 2.75) is 0 Å². The van der Waals surface area contributed by atoms with E-state index in [0.717, 1.165) is 0 Å². The second-order valence-electron chi connectivity index (χ2n) is 6.59. The lowest BCUT2D eigenvalue weighted by Gasteiger charge is -2.15. The first-order valence-electron chi connectivity index (χ1n) is 9.37. The van der Waals surface area contributed by atoms with Gasteiger partial charge in [0, 0.05) is 17.1 Å². The second kappa shape index (κ2) is 10.9. The van der Waals surface area contributed by atoms with Crippen molar-refractivity contribution in [3.05, 3.63) is 76.3 Å². The van der Waals surface area contributed by atoms with Crippen LogP contribution in [0.3, 0.4) is 0 Å². The number of halogens is 2. The number of hydrogen-bond acceptors (Lipinski definition) is 4. The number of amides is 2. The normalized spacial score (nSPS) is 10.2. The zero-order valence-electron chi connectivity index (χ0n) is 17.1. The topological polar surface area (TPSA) is 112 Å². The van der Waals surface area contributed by atoms with Gasteiger partial charge in [-0.2, -0.15) is 0 Å². The van der Waals surface area contributed by atoms with E-state index in [4.69, 9.17) is 45.3 Å². The minimum absolute atomic E-state index is 0.125. The predicted octanol–water partition coefficient (Wildman–Crippen LogP) is 6.15. The molecule has 0 aromatic heterocycles. The van der Waals surface area contributed by atoms with Gasteiger partial charge in [-0.05, 0) is 66.8 Å². The summed E-state index contributed by atoms with van der Waals surface area (Å²) < 4.78 is 5.34. The average Bonchev–Trinajstić information content (AvgIpc) is 2.76. The van der Waals surface area contributed by atoms with Crippen LogP contribution >= 0.6 is 35.4 Å². The molecule has 0 saturated heterocycles. The second-order valence-corrected chi connectivity index (χ2v) is 7.81. The van der Waals surface area contributed by atoms with Crippen molar-refractivity contribution in [2.24, 2.45) is 0 Å². The molecule has 0 unspecified atom stereocenters. The molecule has 0 aliphatic heterocycles. The van der Waals surface area contributed by atoms with Gasteiger partial charge in [0.15, 0.2) is 5.11 Å². The van der Waals surface area contributed by atoms with Gasteiger partial charge in [0.1, 0.15) is 5.75 Å². The molecular weight excluding hydrogens is 487 g/mol. The number of rotatable bonds is 6. The summed E-state index contributed by atoms with van der Waals surface area (Å²) in [5.74, 6) is -0.564. The fourth-order valence-corrected chi connectivity index (χ4v) is 3.29. The van der Waals surface area contributed by atoms with E-state index in [9.17, 15) is 9.59 Å². The van der Waals surface area contributed by atoms with Crippen molar-refractivity contribution in [1.29, 1.82) is 0 Å². The maximum Gasteiger partial charge on any atom is 0.335 e. The number of anilines is 4. The largest absolute Gasteiger partial charge is 0.495 e. The summed E-state index contributed by atoms with van der Waals surface area (Å²) in [6.45, 7) is 0. The molecule has 3 aromatic carbocycles. The first-order valence-corrected chi connectivity index (χ1v) is 10.5. The fraction of sp³-hybridized carbons (Fsp3) is 0.0455. The van der Waals surface area contributed by atoms with E-state index < -0.39 is 12.0 Å². The number of thiocarbonyl (C=S) groups is 1. The molecule has 3 rings (SSSR count). The lowest BCUT2D eigenvalue weighted by Crippen LogP contribution is -2.21. The number of carbonyl (C=O) groups is 2. The van der Waals surface area contributed by atoms with Crippen LogP contribution in [-0.2, 0) is 0 Å². The quantitative estimate of drug-likeness (QED) is 0.256. The fourth-order valence-electron chi connectivity index (χ4n) is 2.77. The van der Waals surface area contributed by atoms with Gasteiger partial charge in [0.05, 0.1) is 28.4 Å². The number of urea groups is 1. The maximum absolute atomic E-state index is 12.4. The number of hydrogen-bond donors (Lipinski definition) is 5. The standard InChI is InChI=1S/C22H18Cl2N4O4S/c1-32-19-8-6-15(26-21(31)25-14-5-7-16(23)17(24)10-14)11-18(19)28-22(33)27-13-4-2-3-12(9-13)20(29)30/h2-11H,1H3,(H,29,30)(H2,25,26,31)(H2,27,28,33). The Kier molecular flexibility index (Phi) is 7.94. The van der Waals surface area contributed by atoms with Crippen molar-refractivity contribution >= 4 is 75.3 Å². The summed E-state index contributed by atoms with van der Waals surface area (Å²) in [6.07, 6.45) is 0. The highest BCUT2D eigenvalue weighted by Gasteiger charge is 2.11. The zero-order chi connectivity index (χ0) is 24.0. The molecular formula is C22H18Cl2N4O4S. The number of carbonyl (C=O) groups excluding carboxylic acids is 1. The molecule has 170 valence electrons. The molecule has 0 aliphatic carbocycles. The maximum atomic E-state index is 12.4. The van der Waals surface area contributed by atoms with Crippen LogP contribution < -0.4 is 26.0 Å². The van der Waals surface area contributed by atoms with E-state index in [1.807, 2.05) is 0 Å². The number of ether oxygens (including phenoxy) is 1. The summed E-state index contributed by atoms with van der Waals surface area (Å²) in [6, 6.07) is 15.4. The number of carboxylic acids is 1. The van der Waals surface area contributed by atoms with Crippen LogP contribution in [0.15, 0.2) is 60.7 Å². The Morgan fingerprint density at radius 2 is 1.52 bits per heavy atom. The Labute approximate surface area is 204 Å². The summed E-state index contributed by atoms with van der Waals surface area (Å²) >= 11 is 17.2. The Hall–Kier alpha value is -3.53. The third-order valence-corrected chi connectivity index (χ3v) is 5.19. The molecule has 0 fully saturated rings. The van der Waals surface area contributed by atoms with Crippen LogP contribution in [0.4, 0.5) is 27.5 Å². The predicted molar refractivity (Wildman–Crippen MR) is 135 cm³/mol. The Morgan fingerprint density at radius 3 is 2.18 bits per heavy atom. The van der Waals surface area contributed by atoms with E-state index in [1.165, 1.54) is 25.3 Å². The third kappa shape index (κ3) is 6.72. The van der Waals surface area contributed by atoms with Crippen molar-refractivity contribution in [3.8, 4) is 5.75 Å². The molecule has 0 spiro atoms. The minimum Gasteiger partial charge on any atom is -0.495 e. The Bertz CT molecular complexity index is 1220. The molecule has 8 nitrogen and oxygen atoms in total. The summed E-state index contributed by atoms with van der Waals surface area (Å²) in [4.78, 5) is 23.5. The molecule has 33 heavy (non-hydrogen) atoms.